The molecule has 1 fully saturated rings. The standard InChI is InChI=1S/C9H16N2O4/c12-7-3-1-6(2-4-7)11-9(15)10-5-8(13)14/h6-7,12H,1-5H2,(H,13,14)(H2,10,11,15). The van der Waals surface area contributed by atoms with Crippen molar-refractivity contribution in [2.45, 2.75) is 37.8 Å². The topological polar surface area (TPSA) is 98.7 Å². The van der Waals surface area contributed by atoms with Crippen molar-refractivity contribution in [1.29, 1.82) is 0 Å². The van der Waals surface area contributed by atoms with Crippen molar-refractivity contribution in [3.8, 4) is 0 Å². The summed E-state index contributed by atoms with van der Waals surface area (Å²) in [6, 6.07) is -0.416. The van der Waals surface area contributed by atoms with Crippen LogP contribution in [0.5, 0.6) is 0 Å². The highest BCUT2D eigenvalue weighted by Crippen LogP contribution is 2.17. The van der Waals surface area contributed by atoms with Crippen LogP contribution in [0.15, 0.2) is 0 Å². The number of hydrogen-bond acceptors (Lipinski definition) is 3. The molecule has 0 spiro atoms. The molecule has 0 atom stereocenters. The molecule has 0 saturated heterocycles. The average molecular weight is 216 g/mol. The number of carboxylic acid groups (broad SMARTS) is 1. The minimum Gasteiger partial charge on any atom is -0.480 e. The van der Waals surface area contributed by atoms with Gasteiger partial charge in [0.15, 0.2) is 0 Å². The van der Waals surface area contributed by atoms with Gasteiger partial charge in [0.25, 0.3) is 0 Å². The number of nitrogens with one attached hydrogen (secondary N) is 2. The fourth-order valence-electron chi connectivity index (χ4n) is 1.61. The zero-order chi connectivity index (χ0) is 11.3. The zero-order valence-corrected chi connectivity index (χ0v) is 8.40. The lowest BCUT2D eigenvalue weighted by Crippen LogP contribution is -2.45. The molecule has 1 aliphatic carbocycles. The van der Waals surface area contributed by atoms with Crippen molar-refractivity contribution in [3.05, 3.63) is 0 Å². The highest BCUT2D eigenvalue weighted by atomic mass is 16.4. The van der Waals surface area contributed by atoms with Gasteiger partial charge in [-0.1, -0.05) is 0 Å². The Bertz CT molecular complexity index is 236. The molecule has 1 aliphatic rings. The first-order chi connectivity index (χ1) is 7.08. The van der Waals surface area contributed by atoms with Crippen molar-refractivity contribution < 1.29 is 19.8 Å². The number of carbonyl (C=O) groups is 2. The molecule has 0 aromatic rings. The molecule has 6 heteroatoms. The molecule has 0 unspecified atom stereocenters. The van der Waals surface area contributed by atoms with Crippen LogP contribution in [0, 0.1) is 0 Å². The van der Waals surface area contributed by atoms with E-state index in [1.54, 1.807) is 0 Å². The summed E-state index contributed by atoms with van der Waals surface area (Å²) in [5.41, 5.74) is 0. The van der Waals surface area contributed by atoms with E-state index in [1.165, 1.54) is 0 Å². The van der Waals surface area contributed by atoms with Gasteiger partial charge in [-0.3, -0.25) is 4.79 Å². The first-order valence-corrected chi connectivity index (χ1v) is 5.02. The number of carboxylic acids is 1. The lowest BCUT2D eigenvalue weighted by Gasteiger charge is -2.26. The molecule has 1 saturated carbocycles. The normalized spacial score (nSPS) is 25.7. The monoisotopic (exact) mass is 216 g/mol. The second-order valence-corrected chi connectivity index (χ2v) is 3.73. The van der Waals surface area contributed by atoms with Crippen LogP contribution in [0.1, 0.15) is 25.7 Å². The summed E-state index contributed by atoms with van der Waals surface area (Å²) in [4.78, 5) is 21.3. The van der Waals surface area contributed by atoms with Gasteiger partial charge in [-0.15, -0.1) is 0 Å². The molecule has 6 nitrogen and oxygen atoms in total. The first-order valence-electron chi connectivity index (χ1n) is 5.02. The van der Waals surface area contributed by atoms with Crippen LogP contribution in [0.2, 0.25) is 0 Å². The molecule has 0 aromatic heterocycles. The fourth-order valence-corrected chi connectivity index (χ4v) is 1.61. The van der Waals surface area contributed by atoms with Gasteiger partial charge in [-0.2, -0.15) is 0 Å². The van der Waals surface area contributed by atoms with Crippen LogP contribution in [0.25, 0.3) is 0 Å². The Morgan fingerprint density at radius 2 is 1.80 bits per heavy atom. The van der Waals surface area contributed by atoms with Gasteiger partial charge in [0.2, 0.25) is 0 Å². The molecule has 2 amide bonds. The molecule has 0 heterocycles. The summed E-state index contributed by atoms with van der Waals surface area (Å²) in [5.74, 6) is -1.07. The predicted molar refractivity (Wildman–Crippen MR) is 52.4 cm³/mol. The van der Waals surface area contributed by atoms with Crippen molar-refractivity contribution in [3.63, 3.8) is 0 Å². The van der Waals surface area contributed by atoms with E-state index in [2.05, 4.69) is 10.6 Å². The van der Waals surface area contributed by atoms with Crippen LogP contribution >= 0.6 is 0 Å². The van der Waals surface area contributed by atoms with Crippen molar-refractivity contribution in [2.24, 2.45) is 0 Å². The highest BCUT2D eigenvalue weighted by molar-refractivity contribution is 5.79. The Balaban J connectivity index is 2.17. The summed E-state index contributed by atoms with van der Waals surface area (Å²) in [6.45, 7) is -0.374. The molecule has 15 heavy (non-hydrogen) atoms. The first kappa shape index (κ1) is 11.8. The summed E-state index contributed by atoms with van der Waals surface area (Å²) in [5, 5.41) is 22.5. The van der Waals surface area contributed by atoms with E-state index in [9.17, 15) is 14.7 Å². The molecular formula is C9H16N2O4. The SMILES string of the molecule is O=C(O)CNC(=O)NC1CCC(O)CC1. The molecular weight excluding hydrogens is 200 g/mol. The minimum atomic E-state index is -1.07. The number of carbonyl (C=O) groups excluding carboxylic acids is 1. The fraction of sp³-hybridized carbons (Fsp3) is 0.778. The quantitative estimate of drug-likeness (QED) is 0.519. The van der Waals surface area contributed by atoms with Gasteiger partial charge in [0.05, 0.1) is 6.10 Å². The molecule has 86 valence electrons. The van der Waals surface area contributed by atoms with Crippen molar-refractivity contribution in [2.75, 3.05) is 6.54 Å². The lowest BCUT2D eigenvalue weighted by molar-refractivity contribution is -0.135. The summed E-state index contributed by atoms with van der Waals surface area (Å²) >= 11 is 0. The van der Waals surface area contributed by atoms with E-state index >= 15 is 0 Å². The van der Waals surface area contributed by atoms with Gasteiger partial charge < -0.3 is 20.8 Å². The maximum absolute atomic E-state index is 11.1. The third-order valence-electron chi connectivity index (χ3n) is 2.43. The molecule has 0 bridgehead atoms. The number of urea groups is 1. The predicted octanol–water partition coefficient (Wildman–Crippen LogP) is -0.326. The number of aliphatic hydroxyl groups excluding tert-OH is 1. The Hall–Kier alpha value is -1.30. The summed E-state index contributed by atoms with van der Waals surface area (Å²) in [6.07, 6.45) is 2.59. The lowest BCUT2D eigenvalue weighted by atomic mass is 9.93. The largest absolute Gasteiger partial charge is 0.480 e. The Kier molecular flexibility index (Phi) is 4.36. The zero-order valence-electron chi connectivity index (χ0n) is 8.40. The van der Waals surface area contributed by atoms with Crippen LogP contribution in [0.4, 0.5) is 4.79 Å². The number of rotatable bonds is 3. The van der Waals surface area contributed by atoms with Crippen LogP contribution in [-0.2, 0) is 4.79 Å². The summed E-state index contributed by atoms with van der Waals surface area (Å²) < 4.78 is 0. The number of aliphatic hydroxyl groups is 1. The molecule has 4 N–H and O–H groups in total. The second kappa shape index (κ2) is 5.55. The van der Waals surface area contributed by atoms with Gasteiger partial charge in [-0.05, 0) is 25.7 Å². The maximum atomic E-state index is 11.1. The van der Waals surface area contributed by atoms with E-state index in [1.807, 2.05) is 0 Å². The van der Waals surface area contributed by atoms with Gasteiger partial charge >= 0.3 is 12.0 Å². The van der Waals surface area contributed by atoms with E-state index in [0.29, 0.717) is 12.8 Å². The van der Waals surface area contributed by atoms with E-state index in [0.717, 1.165) is 12.8 Å². The Morgan fingerprint density at radius 3 is 2.33 bits per heavy atom. The Labute approximate surface area is 87.7 Å². The van der Waals surface area contributed by atoms with Crippen molar-refractivity contribution in [1.82, 2.24) is 10.6 Å². The van der Waals surface area contributed by atoms with Crippen LogP contribution < -0.4 is 10.6 Å². The number of hydrogen-bond donors (Lipinski definition) is 4. The summed E-state index contributed by atoms with van der Waals surface area (Å²) in [7, 11) is 0. The molecule has 0 aliphatic heterocycles. The smallest absolute Gasteiger partial charge is 0.323 e. The molecule has 0 aromatic carbocycles. The number of amides is 2. The minimum absolute atomic E-state index is 0.0437. The molecule has 1 rings (SSSR count). The van der Waals surface area contributed by atoms with Gasteiger partial charge in [0.1, 0.15) is 6.54 Å². The van der Waals surface area contributed by atoms with Gasteiger partial charge in [0, 0.05) is 6.04 Å². The van der Waals surface area contributed by atoms with Crippen molar-refractivity contribution >= 4 is 12.0 Å². The maximum Gasteiger partial charge on any atom is 0.323 e. The van der Waals surface area contributed by atoms with E-state index < -0.39 is 12.0 Å². The van der Waals surface area contributed by atoms with Gasteiger partial charge in [-0.25, -0.2) is 4.79 Å². The average Bonchev–Trinajstić information content (AvgIpc) is 2.19. The third-order valence-corrected chi connectivity index (χ3v) is 2.43. The van der Waals surface area contributed by atoms with E-state index in [4.69, 9.17) is 5.11 Å². The second-order valence-electron chi connectivity index (χ2n) is 3.73. The Morgan fingerprint density at radius 1 is 1.20 bits per heavy atom. The van der Waals surface area contributed by atoms with Crippen LogP contribution in [-0.4, -0.2) is 40.9 Å². The third kappa shape index (κ3) is 4.64. The highest BCUT2D eigenvalue weighted by Gasteiger charge is 2.20. The molecule has 0 radical (unpaired) electrons. The van der Waals surface area contributed by atoms with E-state index in [-0.39, 0.29) is 18.7 Å². The van der Waals surface area contributed by atoms with Crippen LogP contribution in [0.3, 0.4) is 0 Å². The number of aliphatic carboxylic acids is 1.